The van der Waals surface area contributed by atoms with Crippen LogP contribution in [0.2, 0.25) is 0 Å². The Labute approximate surface area is 141 Å². The van der Waals surface area contributed by atoms with E-state index in [1.165, 1.54) is 12.1 Å². The van der Waals surface area contributed by atoms with E-state index in [0.29, 0.717) is 24.1 Å². The highest BCUT2D eigenvalue weighted by molar-refractivity contribution is 7.92. The Morgan fingerprint density at radius 1 is 1.08 bits per heavy atom. The third-order valence-electron chi connectivity index (χ3n) is 3.10. The molecule has 0 atom stereocenters. The number of para-hydroxylation sites is 1. The molecule has 0 aliphatic heterocycles. The zero-order valence-corrected chi connectivity index (χ0v) is 13.7. The van der Waals surface area contributed by atoms with Crippen LogP contribution in [-0.4, -0.2) is 19.5 Å². The second kappa shape index (κ2) is 8.18. The molecule has 0 amide bonds. The number of hydrogen-bond donors (Lipinski definition) is 2. The Bertz CT molecular complexity index is 865. The van der Waals surface area contributed by atoms with Gasteiger partial charge in [0.15, 0.2) is 0 Å². The van der Waals surface area contributed by atoms with Gasteiger partial charge < -0.3 is 5.11 Å². The van der Waals surface area contributed by atoms with Crippen molar-refractivity contribution in [3.05, 3.63) is 60.2 Å². The predicted octanol–water partition coefficient (Wildman–Crippen LogP) is 3.09. The van der Waals surface area contributed by atoms with Crippen molar-refractivity contribution in [2.45, 2.75) is 24.2 Å². The number of anilines is 1. The zero-order chi connectivity index (χ0) is 17.4. The summed E-state index contributed by atoms with van der Waals surface area (Å²) in [5, 5.41) is 8.56. The van der Waals surface area contributed by atoms with Crippen LogP contribution in [0.4, 0.5) is 5.69 Å². The molecule has 0 saturated carbocycles. The van der Waals surface area contributed by atoms with E-state index in [2.05, 4.69) is 16.6 Å². The molecular weight excluding hydrogens is 326 g/mol. The molecular formula is C18H17NO4S. The van der Waals surface area contributed by atoms with Crippen LogP contribution in [0.15, 0.2) is 59.5 Å². The summed E-state index contributed by atoms with van der Waals surface area (Å²) in [6, 6.07) is 15.0. The van der Waals surface area contributed by atoms with Gasteiger partial charge in [-0.25, -0.2) is 8.42 Å². The first-order valence-corrected chi connectivity index (χ1v) is 8.84. The average Bonchev–Trinajstić information content (AvgIpc) is 2.55. The third-order valence-corrected chi connectivity index (χ3v) is 4.47. The maximum atomic E-state index is 12.4. The van der Waals surface area contributed by atoms with E-state index in [0.717, 1.165) is 0 Å². The van der Waals surface area contributed by atoms with E-state index >= 15 is 0 Å². The fourth-order valence-electron chi connectivity index (χ4n) is 1.95. The van der Waals surface area contributed by atoms with Gasteiger partial charge in [0.25, 0.3) is 10.0 Å². The largest absolute Gasteiger partial charge is 0.481 e. The number of hydrogen-bond acceptors (Lipinski definition) is 3. The summed E-state index contributed by atoms with van der Waals surface area (Å²) in [7, 11) is -3.68. The van der Waals surface area contributed by atoms with Gasteiger partial charge in [0.05, 0.1) is 4.90 Å². The van der Waals surface area contributed by atoms with Crippen LogP contribution in [0.5, 0.6) is 0 Å². The quantitative estimate of drug-likeness (QED) is 0.624. The monoisotopic (exact) mass is 343 g/mol. The summed E-state index contributed by atoms with van der Waals surface area (Å²) in [5.74, 6) is 4.87. The number of aliphatic carboxylic acids is 1. The number of carboxylic acids is 1. The smallest absolute Gasteiger partial charge is 0.303 e. The molecule has 0 spiro atoms. The summed E-state index contributed by atoms with van der Waals surface area (Å²) in [6.07, 6.45) is 0.992. The standard InChI is InChI=1S/C18H17NO4S/c20-18(21)13-6-1-3-8-15-9-7-12-17(14-15)24(22,23)19-16-10-4-2-5-11-16/h2,4-5,7,9-12,14,19H,1,6,13H2,(H,20,21). The molecule has 2 rings (SSSR count). The molecule has 124 valence electrons. The molecule has 2 N–H and O–H groups in total. The number of sulfonamides is 1. The summed E-state index contributed by atoms with van der Waals surface area (Å²) in [6.45, 7) is 0. The number of carboxylic acid groups (broad SMARTS) is 1. The van der Waals surface area contributed by atoms with Crippen LogP contribution >= 0.6 is 0 Å². The number of rotatable bonds is 6. The highest BCUT2D eigenvalue weighted by atomic mass is 32.2. The topological polar surface area (TPSA) is 83.5 Å². The van der Waals surface area contributed by atoms with E-state index in [9.17, 15) is 13.2 Å². The molecule has 0 saturated heterocycles. The third kappa shape index (κ3) is 5.45. The zero-order valence-electron chi connectivity index (χ0n) is 12.9. The van der Waals surface area contributed by atoms with Crippen LogP contribution in [-0.2, 0) is 14.8 Å². The maximum absolute atomic E-state index is 12.4. The second-order valence-electron chi connectivity index (χ2n) is 5.05. The highest BCUT2D eigenvalue weighted by Crippen LogP contribution is 2.16. The highest BCUT2D eigenvalue weighted by Gasteiger charge is 2.14. The van der Waals surface area contributed by atoms with Crippen molar-refractivity contribution in [2.24, 2.45) is 0 Å². The Morgan fingerprint density at radius 2 is 1.83 bits per heavy atom. The Kier molecular flexibility index (Phi) is 5.99. The lowest BCUT2D eigenvalue weighted by Gasteiger charge is -2.08. The van der Waals surface area contributed by atoms with E-state index < -0.39 is 16.0 Å². The number of benzene rings is 2. The molecule has 6 heteroatoms. The summed E-state index contributed by atoms with van der Waals surface area (Å²) >= 11 is 0. The number of unbranched alkanes of at least 4 members (excludes halogenated alkanes) is 1. The Balaban J connectivity index is 2.09. The van der Waals surface area contributed by atoms with Crippen LogP contribution in [0, 0.1) is 11.8 Å². The van der Waals surface area contributed by atoms with Crippen LogP contribution in [0.25, 0.3) is 0 Å². The van der Waals surface area contributed by atoms with Gasteiger partial charge in [-0.3, -0.25) is 9.52 Å². The molecule has 0 unspecified atom stereocenters. The molecule has 5 nitrogen and oxygen atoms in total. The molecule has 0 heterocycles. The first-order chi connectivity index (χ1) is 11.5. The van der Waals surface area contributed by atoms with Gasteiger partial charge in [0.2, 0.25) is 0 Å². The average molecular weight is 343 g/mol. The van der Waals surface area contributed by atoms with E-state index in [4.69, 9.17) is 5.11 Å². The lowest BCUT2D eigenvalue weighted by molar-refractivity contribution is -0.137. The molecule has 2 aromatic carbocycles. The molecule has 0 fully saturated rings. The van der Waals surface area contributed by atoms with Gasteiger partial charge in [-0.1, -0.05) is 36.1 Å². The number of carbonyl (C=O) groups is 1. The fourth-order valence-corrected chi connectivity index (χ4v) is 3.06. The minimum atomic E-state index is -3.68. The van der Waals surface area contributed by atoms with Gasteiger partial charge in [-0.15, -0.1) is 0 Å². The predicted molar refractivity (Wildman–Crippen MR) is 92.1 cm³/mol. The molecule has 0 aliphatic rings. The van der Waals surface area contributed by atoms with Gasteiger partial charge in [0, 0.05) is 24.1 Å². The second-order valence-corrected chi connectivity index (χ2v) is 6.73. The molecule has 0 aliphatic carbocycles. The Hall–Kier alpha value is -2.78. The summed E-state index contributed by atoms with van der Waals surface area (Å²) in [5.41, 5.74) is 1.06. The minimum absolute atomic E-state index is 0.0735. The van der Waals surface area contributed by atoms with Crippen molar-refractivity contribution in [1.82, 2.24) is 0 Å². The van der Waals surface area contributed by atoms with Gasteiger partial charge >= 0.3 is 5.97 Å². The summed E-state index contributed by atoms with van der Waals surface area (Å²) in [4.78, 5) is 10.5. The van der Waals surface area contributed by atoms with Gasteiger partial charge in [-0.2, -0.15) is 0 Å². The Morgan fingerprint density at radius 3 is 2.54 bits per heavy atom. The fraction of sp³-hybridized carbons (Fsp3) is 0.167. The van der Waals surface area contributed by atoms with Crippen molar-refractivity contribution in [3.8, 4) is 11.8 Å². The lowest BCUT2D eigenvalue weighted by Crippen LogP contribution is -2.12. The molecule has 0 bridgehead atoms. The van der Waals surface area contributed by atoms with Gasteiger partial charge in [-0.05, 0) is 36.8 Å². The molecule has 0 aromatic heterocycles. The summed E-state index contributed by atoms with van der Waals surface area (Å²) < 4.78 is 27.3. The van der Waals surface area contributed by atoms with E-state index in [1.807, 2.05) is 0 Å². The van der Waals surface area contributed by atoms with Crippen LogP contribution < -0.4 is 4.72 Å². The van der Waals surface area contributed by atoms with Gasteiger partial charge in [0.1, 0.15) is 0 Å². The minimum Gasteiger partial charge on any atom is -0.481 e. The van der Waals surface area contributed by atoms with Crippen LogP contribution in [0.1, 0.15) is 24.8 Å². The lowest BCUT2D eigenvalue weighted by atomic mass is 10.2. The molecule has 2 aromatic rings. The van der Waals surface area contributed by atoms with Crippen molar-refractivity contribution >= 4 is 21.7 Å². The van der Waals surface area contributed by atoms with E-state index in [-0.39, 0.29) is 11.3 Å². The maximum Gasteiger partial charge on any atom is 0.303 e. The SMILES string of the molecule is O=C(O)CCCC#Cc1cccc(S(=O)(=O)Nc2ccccc2)c1. The molecule has 0 radical (unpaired) electrons. The van der Waals surface area contributed by atoms with E-state index in [1.54, 1.807) is 42.5 Å². The molecule has 24 heavy (non-hydrogen) atoms. The number of nitrogens with one attached hydrogen (secondary N) is 1. The van der Waals surface area contributed by atoms with Crippen molar-refractivity contribution in [3.63, 3.8) is 0 Å². The van der Waals surface area contributed by atoms with Crippen molar-refractivity contribution < 1.29 is 18.3 Å². The van der Waals surface area contributed by atoms with Crippen molar-refractivity contribution in [2.75, 3.05) is 4.72 Å². The first kappa shape index (κ1) is 17.6. The van der Waals surface area contributed by atoms with Crippen LogP contribution in [0.3, 0.4) is 0 Å². The first-order valence-electron chi connectivity index (χ1n) is 7.36. The normalized spacial score (nSPS) is 10.5. The van der Waals surface area contributed by atoms with Crippen molar-refractivity contribution in [1.29, 1.82) is 0 Å².